The number of benzene rings is 1. The summed E-state index contributed by atoms with van der Waals surface area (Å²) >= 11 is 0. The highest BCUT2D eigenvalue weighted by molar-refractivity contribution is 5.92. The lowest BCUT2D eigenvalue weighted by Crippen LogP contribution is -2.20. The molecule has 1 aromatic rings. The van der Waals surface area contributed by atoms with Gasteiger partial charge in [0, 0.05) is 18.5 Å². The first kappa shape index (κ1) is 15.5. The summed E-state index contributed by atoms with van der Waals surface area (Å²) in [6.45, 7) is 4.68. The quantitative estimate of drug-likeness (QED) is 0.740. The third kappa shape index (κ3) is 5.28. The lowest BCUT2D eigenvalue weighted by molar-refractivity contribution is -0.117. The zero-order valence-electron chi connectivity index (χ0n) is 11.7. The number of anilines is 2. The van der Waals surface area contributed by atoms with Crippen LogP contribution >= 0.6 is 0 Å². The molecular formula is C14H22N2O3. The summed E-state index contributed by atoms with van der Waals surface area (Å²) in [4.78, 5) is 11.8. The SMILES string of the molecule is COCC(C)OCCC(=O)Nc1cccc(N)c1C. The summed E-state index contributed by atoms with van der Waals surface area (Å²) in [7, 11) is 1.62. The molecule has 1 unspecified atom stereocenters. The van der Waals surface area contributed by atoms with E-state index in [-0.39, 0.29) is 12.0 Å². The van der Waals surface area contributed by atoms with Gasteiger partial charge < -0.3 is 20.5 Å². The van der Waals surface area contributed by atoms with E-state index in [0.29, 0.717) is 25.3 Å². The fourth-order valence-corrected chi connectivity index (χ4v) is 1.64. The summed E-state index contributed by atoms with van der Waals surface area (Å²) in [6.07, 6.45) is 0.300. The molecule has 0 bridgehead atoms. The van der Waals surface area contributed by atoms with Crippen molar-refractivity contribution < 1.29 is 14.3 Å². The van der Waals surface area contributed by atoms with Gasteiger partial charge in [0.1, 0.15) is 0 Å². The van der Waals surface area contributed by atoms with E-state index < -0.39 is 0 Å². The first-order valence-corrected chi connectivity index (χ1v) is 6.30. The molecule has 5 nitrogen and oxygen atoms in total. The number of hydrogen-bond donors (Lipinski definition) is 2. The number of nitrogen functional groups attached to an aromatic ring is 1. The lowest BCUT2D eigenvalue weighted by Gasteiger charge is -2.13. The van der Waals surface area contributed by atoms with E-state index in [1.807, 2.05) is 26.0 Å². The van der Waals surface area contributed by atoms with Gasteiger partial charge in [-0.15, -0.1) is 0 Å². The van der Waals surface area contributed by atoms with Gasteiger partial charge >= 0.3 is 0 Å². The van der Waals surface area contributed by atoms with Gasteiger partial charge in [0.25, 0.3) is 0 Å². The topological polar surface area (TPSA) is 73.6 Å². The molecular weight excluding hydrogens is 244 g/mol. The molecule has 3 N–H and O–H groups in total. The summed E-state index contributed by atoms with van der Waals surface area (Å²) in [5, 5.41) is 2.83. The molecule has 1 rings (SSSR count). The molecule has 1 aromatic carbocycles. The van der Waals surface area contributed by atoms with Crippen LogP contribution in [0, 0.1) is 6.92 Å². The van der Waals surface area contributed by atoms with Crippen LogP contribution in [0.4, 0.5) is 11.4 Å². The first-order valence-electron chi connectivity index (χ1n) is 6.30. The number of rotatable bonds is 7. The van der Waals surface area contributed by atoms with Crippen LogP contribution in [0.3, 0.4) is 0 Å². The Morgan fingerprint density at radius 3 is 2.89 bits per heavy atom. The fourth-order valence-electron chi connectivity index (χ4n) is 1.64. The highest BCUT2D eigenvalue weighted by Crippen LogP contribution is 2.20. The molecule has 0 saturated heterocycles. The smallest absolute Gasteiger partial charge is 0.226 e. The Balaban J connectivity index is 2.37. The summed E-state index contributed by atoms with van der Waals surface area (Å²) in [5.41, 5.74) is 8.07. The maximum atomic E-state index is 11.8. The van der Waals surface area contributed by atoms with Crippen LogP contribution in [0.25, 0.3) is 0 Å². The molecule has 0 fully saturated rings. The van der Waals surface area contributed by atoms with Gasteiger partial charge in [-0.3, -0.25) is 4.79 Å². The Morgan fingerprint density at radius 1 is 1.47 bits per heavy atom. The number of ether oxygens (including phenoxy) is 2. The number of nitrogens with one attached hydrogen (secondary N) is 1. The molecule has 0 heterocycles. The third-order valence-corrected chi connectivity index (χ3v) is 2.78. The zero-order valence-corrected chi connectivity index (χ0v) is 11.7. The highest BCUT2D eigenvalue weighted by atomic mass is 16.5. The standard InChI is InChI=1S/C14H22N2O3/c1-10(9-18-3)19-8-7-14(17)16-13-6-4-5-12(15)11(13)2/h4-6,10H,7-9,15H2,1-3H3,(H,16,17). The number of methoxy groups -OCH3 is 1. The van der Waals surface area contributed by atoms with Gasteiger partial charge in [0.05, 0.1) is 25.7 Å². The minimum atomic E-state index is -0.0849. The molecule has 106 valence electrons. The maximum Gasteiger partial charge on any atom is 0.226 e. The minimum absolute atomic E-state index is 0.00749. The number of hydrogen-bond acceptors (Lipinski definition) is 4. The normalized spacial score (nSPS) is 12.2. The Bertz CT molecular complexity index is 421. The van der Waals surface area contributed by atoms with Gasteiger partial charge in [-0.2, -0.15) is 0 Å². The van der Waals surface area contributed by atoms with Crippen molar-refractivity contribution in [1.29, 1.82) is 0 Å². The minimum Gasteiger partial charge on any atom is -0.398 e. The van der Waals surface area contributed by atoms with E-state index in [0.717, 1.165) is 11.3 Å². The van der Waals surface area contributed by atoms with Crippen LogP contribution < -0.4 is 11.1 Å². The van der Waals surface area contributed by atoms with Crippen LogP contribution in [0.5, 0.6) is 0 Å². The van der Waals surface area contributed by atoms with Crippen molar-refractivity contribution in [2.24, 2.45) is 0 Å². The van der Waals surface area contributed by atoms with E-state index in [9.17, 15) is 4.79 Å². The second-order valence-electron chi connectivity index (χ2n) is 4.45. The molecule has 19 heavy (non-hydrogen) atoms. The summed E-state index contributed by atoms with van der Waals surface area (Å²) in [5.74, 6) is -0.0849. The molecule has 0 saturated carbocycles. The molecule has 0 aliphatic rings. The molecule has 0 aliphatic carbocycles. The molecule has 0 spiro atoms. The Kier molecular flexibility index (Phi) is 6.32. The van der Waals surface area contributed by atoms with Gasteiger partial charge in [0.15, 0.2) is 0 Å². The maximum absolute atomic E-state index is 11.8. The zero-order chi connectivity index (χ0) is 14.3. The Labute approximate surface area is 114 Å². The summed E-state index contributed by atoms with van der Waals surface area (Å²) in [6, 6.07) is 5.45. The van der Waals surface area contributed by atoms with Gasteiger partial charge in [-0.25, -0.2) is 0 Å². The van der Waals surface area contributed by atoms with Crippen molar-refractivity contribution in [1.82, 2.24) is 0 Å². The molecule has 0 aromatic heterocycles. The lowest BCUT2D eigenvalue weighted by atomic mass is 10.1. The van der Waals surface area contributed by atoms with Crippen molar-refractivity contribution >= 4 is 17.3 Å². The largest absolute Gasteiger partial charge is 0.398 e. The molecule has 1 amide bonds. The third-order valence-electron chi connectivity index (χ3n) is 2.78. The number of carbonyl (C=O) groups excluding carboxylic acids is 1. The van der Waals surface area contributed by atoms with Crippen molar-refractivity contribution in [2.75, 3.05) is 31.4 Å². The highest BCUT2D eigenvalue weighted by Gasteiger charge is 2.07. The van der Waals surface area contributed by atoms with Gasteiger partial charge in [-0.1, -0.05) is 6.07 Å². The Morgan fingerprint density at radius 2 is 2.21 bits per heavy atom. The van der Waals surface area contributed by atoms with Crippen LogP contribution in [0.1, 0.15) is 18.9 Å². The van der Waals surface area contributed by atoms with E-state index >= 15 is 0 Å². The number of carbonyl (C=O) groups is 1. The van der Waals surface area contributed by atoms with E-state index in [1.54, 1.807) is 13.2 Å². The number of nitrogens with two attached hydrogens (primary N) is 1. The van der Waals surface area contributed by atoms with Crippen molar-refractivity contribution in [3.05, 3.63) is 23.8 Å². The monoisotopic (exact) mass is 266 g/mol. The van der Waals surface area contributed by atoms with Crippen LogP contribution in [0.2, 0.25) is 0 Å². The molecule has 5 heteroatoms. The fraction of sp³-hybridized carbons (Fsp3) is 0.500. The second kappa shape index (κ2) is 7.76. The summed E-state index contributed by atoms with van der Waals surface area (Å²) < 4.78 is 10.4. The van der Waals surface area contributed by atoms with Gasteiger partial charge in [0.2, 0.25) is 5.91 Å². The van der Waals surface area contributed by atoms with Crippen LogP contribution in [-0.4, -0.2) is 32.3 Å². The first-order chi connectivity index (χ1) is 9.04. The predicted octanol–water partition coefficient (Wildman–Crippen LogP) is 1.96. The Hall–Kier alpha value is -1.59. The van der Waals surface area contributed by atoms with Crippen molar-refractivity contribution in [2.45, 2.75) is 26.4 Å². The average molecular weight is 266 g/mol. The van der Waals surface area contributed by atoms with Crippen molar-refractivity contribution in [3.63, 3.8) is 0 Å². The van der Waals surface area contributed by atoms with E-state index in [1.165, 1.54) is 0 Å². The second-order valence-corrected chi connectivity index (χ2v) is 4.45. The average Bonchev–Trinajstić information content (AvgIpc) is 2.35. The van der Waals surface area contributed by atoms with Crippen LogP contribution in [-0.2, 0) is 14.3 Å². The van der Waals surface area contributed by atoms with E-state index in [4.69, 9.17) is 15.2 Å². The predicted molar refractivity (Wildman–Crippen MR) is 76.1 cm³/mol. The van der Waals surface area contributed by atoms with E-state index in [2.05, 4.69) is 5.32 Å². The van der Waals surface area contributed by atoms with Crippen molar-refractivity contribution in [3.8, 4) is 0 Å². The van der Waals surface area contributed by atoms with Crippen LogP contribution in [0.15, 0.2) is 18.2 Å². The molecule has 0 radical (unpaired) electrons. The number of amides is 1. The molecule has 0 aliphatic heterocycles. The van der Waals surface area contributed by atoms with Gasteiger partial charge in [-0.05, 0) is 31.5 Å². The molecule has 1 atom stereocenters.